The molecule has 0 amide bonds. The molecule has 0 spiro atoms. The molecule has 0 aliphatic heterocycles. The van der Waals surface area contributed by atoms with Crippen molar-refractivity contribution in [3.05, 3.63) is 62.9 Å². The molecule has 0 aromatic carbocycles. The van der Waals surface area contributed by atoms with Gasteiger partial charge in [-0.3, -0.25) is 19.0 Å². The molecule has 1 atom stereocenters. The second kappa shape index (κ2) is 6.31. The van der Waals surface area contributed by atoms with Crippen molar-refractivity contribution in [2.24, 2.45) is 5.41 Å². The summed E-state index contributed by atoms with van der Waals surface area (Å²) in [4.78, 5) is 40.3. The molecule has 3 aromatic heterocycles. The van der Waals surface area contributed by atoms with Crippen LogP contribution in [0.2, 0.25) is 5.02 Å². The van der Waals surface area contributed by atoms with Gasteiger partial charge in [-0.1, -0.05) is 25.4 Å². The van der Waals surface area contributed by atoms with E-state index in [0.29, 0.717) is 18.2 Å². The van der Waals surface area contributed by atoms with Gasteiger partial charge in [-0.25, -0.2) is 4.98 Å². The molecule has 1 aliphatic rings. The fourth-order valence-corrected chi connectivity index (χ4v) is 4.11. The van der Waals surface area contributed by atoms with E-state index in [2.05, 4.69) is 4.98 Å². The number of esters is 1. The molecule has 8 heteroatoms. The van der Waals surface area contributed by atoms with Crippen molar-refractivity contribution in [2.45, 2.75) is 33.3 Å². The van der Waals surface area contributed by atoms with Gasteiger partial charge in [0.1, 0.15) is 11.6 Å². The lowest BCUT2D eigenvalue weighted by atomic mass is 9.87. The lowest BCUT2D eigenvalue weighted by Gasteiger charge is -2.27. The molecule has 1 aliphatic carbocycles. The third kappa shape index (κ3) is 2.65. The minimum Gasteiger partial charge on any atom is -0.456 e. The standard InChI is InChI=1S/C20H18ClN3O4/c1-11(26)28-17-16-12(9-20(17,2)3)8-15-19(27)24(7-6-23(15)16)18-13(10-25)14(21)4-5-22-18/h4-8,10,17H,9H2,1-3H3. The smallest absolute Gasteiger partial charge is 0.303 e. The van der Waals surface area contributed by atoms with E-state index in [1.165, 1.54) is 30.0 Å². The Morgan fingerprint density at radius 2 is 2.14 bits per heavy atom. The Labute approximate surface area is 165 Å². The highest BCUT2D eigenvalue weighted by atomic mass is 35.5. The van der Waals surface area contributed by atoms with Crippen LogP contribution in [0.25, 0.3) is 11.3 Å². The van der Waals surface area contributed by atoms with Crippen LogP contribution in [-0.4, -0.2) is 26.2 Å². The summed E-state index contributed by atoms with van der Waals surface area (Å²) in [6.45, 7) is 5.43. The highest BCUT2D eigenvalue weighted by Crippen LogP contribution is 2.48. The first-order valence-corrected chi connectivity index (χ1v) is 9.15. The number of aldehydes is 1. The van der Waals surface area contributed by atoms with Crippen molar-refractivity contribution in [1.82, 2.24) is 14.0 Å². The zero-order chi connectivity index (χ0) is 20.2. The number of aromatic nitrogens is 3. The maximum atomic E-state index is 13.1. The van der Waals surface area contributed by atoms with Crippen LogP contribution in [-0.2, 0) is 16.0 Å². The van der Waals surface area contributed by atoms with E-state index < -0.39 is 6.10 Å². The number of hydrogen-bond donors (Lipinski definition) is 0. The van der Waals surface area contributed by atoms with Crippen molar-refractivity contribution in [1.29, 1.82) is 0 Å². The molecule has 3 heterocycles. The second-order valence-corrected chi connectivity index (χ2v) is 7.99. The summed E-state index contributed by atoms with van der Waals surface area (Å²) in [7, 11) is 0. The van der Waals surface area contributed by atoms with Gasteiger partial charge in [0.05, 0.1) is 16.3 Å². The van der Waals surface area contributed by atoms with Gasteiger partial charge in [-0.2, -0.15) is 0 Å². The zero-order valence-corrected chi connectivity index (χ0v) is 16.4. The van der Waals surface area contributed by atoms with Crippen LogP contribution >= 0.6 is 11.6 Å². The van der Waals surface area contributed by atoms with E-state index in [4.69, 9.17) is 16.3 Å². The minimum atomic E-state index is -0.451. The Morgan fingerprint density at radius 1 is 1.39 bits per heavy atom. The van der Waals surface area contributed by atoms with Crippen molar-refractivity contribution < 1.29 is 14.3 Å². The number of nitrogens with zero attached hydrogens (tertiary/aromatic N) is 3. The summed E-state index contributed by atoms with van der Waals surface area (Å²) in [6, 6.07) is 3.31. The van der Waals surface area contributed by atoms with Gasteiger partial charge < -0.3 is 9.14 Å². The maximum Gasteiger partial charge on any atom is 0.303 e. The van der Waals surface area contributed by atoms with Gasteiger partial charge in [0.15, 0.2) is 12.1 Å². The lowest BCUT2D eigenvalue weighted by Crippen LogP contribution is -2.26. The van der Waals surface area contributed by atoms with Crippen molar-refractivity contribution in [3.63, 3.8) is 0 Å². The summed E-state index contributed by atoms with van der Waals surface area (Å²) in [5.74, 6) is -0.193. The topological polar surface area (TPSA) is 82.7 Å². The molecule has 0 fully saturated rings. The Hall–Kier alpha value is -2.93. The molecule has 28 heavy (non-hydrogen) atoms. The zero-order valence-electron chi connectivity index (χ0n) is 15.6. The van der Waals surface area contributed by atoms with Crippen LogP contribution in [0.4, 0.5) is 0 Å². The second-order valence-electron chi connectivity index (χ2n) is 7.59. The number of pyridine rings is 1. The van der Waals surface area contributed by atoms with E-state index in [0.717, 1.165) is 11.3 Å². The normalized spacial score (nSPS) is 17.5. The quantitative estimate of drug-likeness (QED) is 0.499. The predicted molar refractivity (Wildman–Crippen MR) is 103 cm³/mol. The molecule has 4 rings (SSSR count). The number of halogens is 1. The van der Waals surface area contributed by atoms with E-state index in [9.17, 15) is 14.4 Å². The first kappa shape index (κ1) is 18.4. The highest BCUT2D eigenvalue weighted by molar-refractivity contribution is 6.33. The van der Waals surface area contributed by atoms with Crippen LogP contribution < -0.4 is 5.56 Å². The van der Waals surface area contributed by atoms with Crippen LogP contribution in [0.5, 0.6) is 0 Å². The van der Waals surface area contributed by atoms with Crippen LogP contribution in [0.15, 0.2) is 35.5 Å². The molecule has 0 saturated heterocycles. The fraction of sp³-hybridized carbons (Fsp3) is 0.300. The van der Waals surface area contributed by atoms with Gasteiger partial charge in [-0.05, 0) is 24.1 Å². The van der Waals surface area contributed by atoms with Crippen LogP contribution in [0, 0.1) is 5.41 Å². The van der Waals surface area contributed by atoms with Gasteiger partial charge in [-0.15, -0.1) is 0 Å². The largest absolute Gasteiger partial charge is 0.456 e. The molecule has 7 nitrogen and oxygen atoms in total. The molecule has 0 bridgehead atoms. The molecule has 0 N–H and O–H groups in total. The first-order chi connectivity index (χ1) is 13.2. The number of fused-ring (bicyclic) bond motifs is 3. The van der Waals surface area contributed by atoms with Crippen molar-refractivity contribution in [3.8, 4) is 5.82 Å². The molecule has 144 valence electrons. The third-order valence-corrected chi connectivity index (χ3v) is 5.44. The van der Waals surface area contributed by atoms with Gasteiger partial charge in [0, 0.05) is 30.9 Å². The van der Waals surface area contributed by atoms with Crippen LogP contribution in [0.3, 0.4) is 0 Å². The van der Waals surface area contributed by atoms with Crippen LogP contribution in [0.1, 0.15) is 48.5 Å². The Kier molecular flexibility index (Phi) is 4.15. The maximum absolute atomic E-state index is 13.1. The Balaban J connectivity index is 1.94. The third-order valence-electron chi connectivity index (χ3n) is 5.11. The number of carbonyl (C=O) groups is 2. The minimum absolute atomic E-state index is 0.147. The number of ether oxygens (including phenoxy) is 1. The number of carbonyl (C=O) groups excluding carboxylic acids is 2. The van der Waals surface area contributed by atoms with E-state index in [1.807, 2.05) is 19.9 Å². The number of rotatable bonds is 3. The van der Waals surface area contributed by atoms with Crippen molar-refractivity contribution >= 4 is 29.4 Å². The molecule has 0 saturated carbocycles. The summed E-state index contributed by atoms with van der Waals surface area (Å²) in [5.41, 5.74) is 1.71. The summed E-state index contributed by atoms with van der Waals surface area (Å²) in [5, 5.41) is 0.223. The van der Waals surface area contributed by atoms with E-state index in [1.54, 1.807) is 10.6 Å². The van der Waals surface area contributed by atoms with Gasteiger partial charge in [0.25, 0.3) is 5.56 Å². The fourth-order valence-electron chi connectivity index (χ4n) is 3.92. The summed E-state index contributed by atoms with van der Waals surface area (Å²) in [6.07, 6.45) is 5.50. The van der Waals surface area contributed by atoms with Gasteiger partial charge in [0.2, 0.25) is 0 Å². The predicted octanol–water partition coefficient (Wildman–Crippen LogP) is 3.14. The summed E-state index contributed by atoms with van der Waals surface area (Å²) >= 11 is 6.07. The van der Waals surface area contributed by atoms with Crippen molar-refractivity contribution in [2.75, 3.05) is 0 Å². The molecular formula is C20H18ClN3O4. The number of hydrogen-bond acceptors (Lipinski definition) is 5. The summed E-state index contributed by atoms with van der Waals surface area (Å²) < 4.78 is 8.63. The Bertz CT molecular complexity index is 1190. The Morgan fingerprint density at radius 3 is 2.82 bits per heavy atom. The monoisotopic (exact) mass is 399 g/mol. The average Bonchev–Trinajstić information content (AvgIpc) is 3.08. The molecule has 0 radical (unpaired) electrons. The lowest BCUT2D eigenvalue weighted by molar-refractivity contribution is -0.152. The first-order valence-electron chi connectivity index (χ1n) is 8.77. The molecule has 1 unspecified atom stereocenters. The van der Waals surface area contributed by atoms with Gasteiger partial charge >= 0.3 is 5.97 Å². The molecule has 3 aromatic rings. The highest BCUT2D eigenvalue weighted by Gasteiger charge is 2.44. The average molecular weight is 400 g/mol. The molecular weight excluding hydrogens is 382 g/mol. The van der Waals surface area contributed by atoms with E-state index >= 15 is 0 Å². The van der Waals surface area contributed by atoms with E-state index in [-0.39, 0.29) is 33.3 Å². The SMILES string of the molecule is CC(=O)OC1c2c(cc3c(=O)n(-c4nccc(Cl)c4C=O)ccn23)CC1(C)C.